The van der Waals surface area contributed by atoms with Crippen LogP contribution in [-0.2, 0) is 0 Å². The molecule has 0 aliphatic heterocycles. The summed E-state index contributed by atoms with van der Waals surface area (Å²) < 4.78 is 0. The van der Waals surface area contributed by atoms with Crippen molar-refractivity contribution in [3.05, 3.63) is 96.1 Å². The van der Waals surface area contributed by atoms with E-state index in [0.717, 1.165) is 11.4 Å². The largest absolute Gasteiger partial charge is 0.248 e. The molecular weight excluding hydrogens is 254 g/mol. The van der Waals surface area contributed by atoms with Crippen LogP contribution in [-0.4, -0.2) is 5.71 Å². The van der Waals surface area contributed by atoms with Crippen LogP contribution in [0.3, 0.4) is 0 Å². The smallest absolute Gasteiger partial charge is 0.0790 e. The van der Waals surface area contributed by atoms with Gasteiger partial charge in [0, 0.05) is 11.1 Å². The number of nitrogens with zero attached hydrogens (tertiary/aromatic N) is 1. The Morgan fingerprint density at radius 3 is 2.29 bits per heavy atom. The molecule has 0 heterocycles. The number of rotatable bonds is 3. The van der Waals surface area contributed by atoms with Crippen molar-refractivity contribution < 1.29 is 0 Å². The minimum atomic E-state index is 0.974. The Morgan fingerprint density at radius 1 is 0.905 bits per heavy atom. The van der Waals surface area contributed by atoms with Crippen LogP contribution in [0.2, 0.25) is 0 Å². The zero-order valence-corrected chi connectivity index (χ0v) is 12.1. The van der Waals surface area contributed by atoms with E-state index in [4.69, 9.17) is 4.99 Å². The standard InChI is InChI=1S/C20H17N/c1-3-4-12-18-15(2)17-13-8-9-14-19(17)20(18)21-16-10-6-5-7-11-16/h3-14H,1H2,2H3/b12-4-,21-20?. The fourth-order valence-electron chi connectivity index (χ4n) is 2.60. The second-order valence-electron chi connectivity index (χ2n) is 4.98. The Kier molecular flexibility index (Phi) is 3.65. The predicted octanol–water partition coefficient (Wildman–Crippen LogP) is 5.34. The van der Waals surface area contributed by atoms with Gasteiger partial charge >= 0.3 is 0 Å². The molecule has 3 rings (SSSR count). The fraction of sp³-hybridized carbons (Fsp3) is 0.0500. The highest BCUT2D eigenvalue weighted by atomic mass is 14.8. The highest BCUT2D eigenvalue weighted by Gasteiger charge is 2.23. The molecule has 0 radical (unpaired) electrons. The minimum Gasteiger partial charge on any atom is -0.248 e. The Labute approximate surface area is 125 Å². The minimum absolute atomic E-state index is 0.974. The fourth-order valence-corrected chi connectivity index (χ4v) is 2.60. The molecule has 0 fully saturated rings. The van der Waals surface area contributed by atoms with Gasteiger partial charge in [0.05, 0.1) is 11.4 Å². The second kappa shape index (κ2) is 5.76. The summed E-state index contributed by atoms with van der Waals surface area (Å²) in [4.78, 5) is 4.86. The zero-order chi connectivity index (χ0) is 14.7. The maximum Gasteiger partial charge on any atom is 0.0790 e. The number of benzene rings is 2. The molecule has 1 aliphatic carbocycles. The quantitative estimate of drug-likeness (QED) is 0.668. The number of hydrogen-bond acceptors (Lipinski definition) is 1. The summed E-state index contributed by atoms with van der Waals surface area (Å²) in [6, 6.07) is 18.5. The SMILES string of the molecule is C=C/C=C\C1=C(C)c2ccccc2C1=Nc1ccccc1. The number of aliphatic imine (C=N–C) groups is 1. The van der Waals surface area contributed by atoms with E-state index in [0.29, 0.717) is 0 Å². The molecule has 0 spiro atoms. The third-order valence-corrected chi connectivity index (χ3v) is 3.64. The molecule has 0 N–H and O–H groups in total. The van der Waals surface area contributed by atoms with E-state index < -0.39 is 0 Å². The van der Waals surface area contributed by atoms with Crippen molar-refractivity contribution in [1.82, 2.24) is 0 Å². The van der Waals surface area contributed by atoms with Crippen LogP contribution in [0, 0.1) is 0 Å². The number of para-hydroxylation sites is 1. The summed E-state index contributed by atoms with van der Waals surface area (Å²) >= 11 is 0. The summed E-state index contributed by atoms with van der Waals surface area (Å²) in [5.74, 6) is 0. The monoisotopic (exact) mass is 271 g/mol. The van der Waals surface area contributed by atoms with Gasteiger partial charge in [0.25, 0.3) is 0 Å². The van der Waals surface area contributed by atoms with Crippen LogP contribution in [0.25, 0.3) is 5.57 Å². The van der Waals surface area contributed by atoms with Crippen molar-refractivity contribution >= 4 is 17.0 Å². The van der Waals surface area contributed by atoms with E-state index in [2.05, 4.69) is 43.8 Å². The van der Waals surface area contributed by atoms with Crippen LogP contribution in [0.5, 0.6) is 0 Å². The van der Waals surface area contributed by atoms with Gasteiger partial charge in [0.15, 0.2) is 0 Å². The first kappa shape index (κ1) is 13.3. The third kappa shape index (κ3) is 2.50. The molecule has 0 saturated carbocycles. The first-order chi connectivity index (χ1) is 10.3. The lowest BCUT2D eigenvalue weighted by atomic mass is 10.1. The summed E-state index contributed by atoms with van der Waals surface area (Å²) in [5.41, 5.74) is 6.89. The molecule has 0 aromatic heterocycles. The number of allylic oxidation sites excluding steroid dienone is 5. The summed E-state index contributed by atoms with van der Waals surface area (Å²) in [5, 5.41) is 0. The number of fused-ring (bicyclic) bond motifs is 1. The molecule has 0 unspecified atom stereocenters. The van der Waals surface area contributed by atoms with Gasteiger partial charge in [0.1, 0.15) is 0 Å². The predicted molar refractivity (Wildman–Crippen MR) is 91.0 cm³/mol. The van der Waals surface area contributed by atoms with E-state index in [9.17, 15) is 0 Å². The molecule has 1 nitrogen and oxygen atoms in total. The Morgan fingerprint density at radius 2 is 1.57 bits per heavy atom. The first-order valence-corrected chi connectivity index (χ1v) is 7.05. The van der Waals surface area contributed by atoms with Crippen LogP contribution < -0.4 is 0 Å². The molecule has 2 aromatic rings. The average molecular weight is 271 g/mol. The lowest BCUT2D eigenvalue weighted by molar-refractivity contribution is 1.50. The van der Waals surface area contributed by atoms with Crippen molar-refractivity contribution in [3.63, 3.8) is 0 Å². The normalized spacial score (nSPS) is 15.8. The molecule has 1 aliphatic rings. The zero-order valence-electron chi connectivity index (χ0n) is 12.1. The van der Waals surface area contributed by atoms with Gasteiger partial charge in [0.2, 0.25) is 0 Å². The Bertz CT molecular complexity index is 761. The molecule has 0 saturated heterocycles. The molecule has 0 amide bonds. The van der Waals surface area contributed by atoms with Crippen LogP contribution in [0.1, 0.15) is 18.1 Å². The Balaban J connectivity index is 2.18. The Hall–Kier alpha value is -2.67. The maximum atomic E-state index is 4.86. The van der Waals surface area contributed by atoms with Gasteiger partial charge in [-0.2, -0.15) is 0 Å². The average Bonchev–Trinajstić information content (AvgIpc) is 2.79. The van der Waals surface area contributed by atoms with Gasteiger partial charge in [-0.15, -0.1) is 0 Å². The van der Waals surface area contributed by atoms with Crippen LogP contribution in [0.4, 0.5) is 5.69 Å². The second-order valence-corrected chi connectivity index (χ2v) is 4.98. The molecular formula is C20H17N. The van der Waals surface area contributed by atoms with Gasteiger partial charge in [-0.1, -0.05) is 67.3 Å². The van der Waals surface area contributed by atoms with E-state index in [1.165, 1.54) is 22.3 Å². The molecule has 102 valence electrons. The van der Waals surface area contributed by atoms with Crippen molar-refractivity contribution in [2.24, 2.45) is 4.99 Å². The molecule has 21 heavy (non-hydrogen) atoms. The molecule has 0 atom stereocenters. The van der Waals surface area contributed by atoms with E-state index in [1.807, 2.05) is 36.4 Å². The highest BCUT2D eigenvalue weighted by Crippen LogP contribution is 2.34. The van der Waals surface area contributed by atoms with Gasteiger partial charge in [-0.05, 0) is 30.2 Å². The van der Waals surface area contributed by atoms with Gasteiger partial charge in [-0.25, -0.2) is 4.99 Å². The first-order valence-electron chi connectivity index (χ1n) is 7.05. The van der Waals surface area contributed by atoms with Crippen molar-refractivity contribution in [3.8, 4) is 0 Å². The molecule has 0 bridgehead atoms. The van der Waals surface area contributed by atoms with Crippen LogP contribution in [0.15, 0.2) is 90.0 Å². The van der Waals surface area contributed by atoms with E-state index in [-0.39, 0.29) is 0 Å². The van der Waals surface area contributed by atoms with Gasteiger partial charge in [-0.3, -0.25) is 0 Å². The lowest BCUT2D eigenvalue weighted by Gasteiger charge is -2.03. The van der Waals surface area contributed by atoms with Crippen molar-refractivity contribution in [2.75, 3.05) is 0 Å². The van der Waals surface area contributed by atoms with Crippen molar-refractivity contribution in [2.45, 2.75) is 6.92 Å². The van der Waals surface area contributed by atoms with Crippen molar-refractivity contribution in [1.29, 1.82) is 0 Å². The maximum absolute atomic E-state index is 4.86. The van der Waals surface area contributed by atoms with E-state index >= 15 is 0 Å². The number of hydrogen-bond donors (Lipinski definition) is 0. The molecule has 1 heteroatoms. The summed E-state index contributed by atoms with van der Waals surface area (Å²) in [7, 11) is 0. The van der Waals surface area contributed by atoms with E-state index in [1.54, 1.807) is 6.08 Å². The molecule has 2 aromatic carbocycles. The topological polar surface area (TPSA) is 12.4 Å². The lowest BCUT2D eigenvalue weighted by Crippen LogP contribution is -1.98. The highest BCUT2D eigenvalue weighted by molar-refractivity contribution is 6.25. The third-order valence-electron chi connectivity index (χ3n) is 3.64. The summed E-state index contributed by atoms with van der Waals surface area (Å²) in [6.07, 6.45) is 5.85. The van der Waals surface area contributed by atoms with Gasteiger partial charge < -0.3 is 0 Å². The summed E-state index contributed by atoms with van der Waals surface area (Å²) in [6.45, 7) is 5.90. The van der Waals surface area contributed by atoms with Crippen LogP contribution >= 0.6 is 0 Å².